The van der Waals surface area contributed by atoms with Gasteiger partial charge in [0.15, 0.2) is 0 Å². The number of nitrogens with zero attached hydrogens (tertiary/aromatic N) is 3. The molecule has 0 saturated carbocycles. The van der Waals surface area contributed by atoms with Gasteiger partial charge in [0, 0.05) is 16.2 Å². The predicted molar refractivity (Wildman–Crippen MR) is 128 cm³/mol. The van der Waals surface area contributed by atoms with Crippen molar-refractivity contribution < 1.29 is 9.53 Å². The number of anilines is 1. The Morgan fingerprint density at radius 1 is 1.17 bits per heavy atom. The molecule has 2 atom stereocenters. The Labute approximate surface area is 197 Å². The summed E-state index contributed by atoms with van der Waals surface area (Å²) in [4.78, 5) is 15.2. The van der Waals surface area contributed by atoms with Crippen molar-refractivity contribution in [2.75, 3.05) is 11.5 Å². The van der Waals surface area contributed by atoms with E-state index in [2.05, 4.69) is 22.6 Å². The number of β-lactam (4-membered cyclic amide) rings is 1. The van der Waals surface area contributed by atoms with Gasteiger partial charge in [-0.05, 0) is 35.3 Å². The minimum absolute atomic E-state index is 0.0696. The zero-order chi connectivity index (χ0) is 20.9. The van der Waals surface area contributed by atoms with Crippen LogP contribution in [0.3, 0.4) is 0 Å². The molecule has 1 amide bonds. The summed E-state index contributed by atoms with van der Waals surface area (Å²) in [6.45, 7) is 2.34. The average Bonchev–Trinajstić information content (AvgIpc) is 3.36. The van der Waals surface area contributed by atoms with Gasteiger partial charge in [-0.25, -0.2) is 4.68 Å². The molecule has 152 valence electrons. The first-order valence-corrected chi connectivity index (χ1v) is 11.8. The lowest BCUT2D eigenvalue weighted by Crippen LogP contribution is -2.67. The number of carbonyl (C=O) groups is 1. The summed E-state index contributed by atoms with van der Waals surface area (Å²) in [5.74, 6) is -0.0696. The molecule has 5 nitrogen and oxygen atoms in total. The van der Waals surface area contributed by atoms with Crippen molar-refractivity contribution in [3.05, 3.63) is 86.1 Å². The average molecular weight is 550 g/mol. The van der Waals surface area contributed by atoms with Gasteiger partial charge in [0.2, 0.25) is 4.93 Å². The fourth-order valence-corrected chi connectivity index (χ4v) is 6.09. The molecular weight excluding hydrogens is 533 g/mol. The molecule has 2 aliphatic rings. The van der Waals surface area contributed by atoms with Crippen molar-refractivity contribution in [1.82, 2.24) is 9.78 Å². The number of amides is 1. The zero-order valence-electron chi connectivity index (χ0n) is 16.0. The third-order valence-corrected chi connectivity index (χ3v) is 8.18. The molecule has 0 unspecified atom stereocenters. The summed E-state index contributed by atoms with van der Waals surface area (Å²) in [6, 6.07) is 19.0. The number of thioether (sulfide) groups is 1. The van der Waals surface area contributed by atoms with E-state index in [1.54, 1.807) is 9.58 Å². The number of aromatic nitrogens is 2. The number of hydrogen-bond acceptors (Lipinski definition) is 4. The molecule has 0 aliphatic carbocycles. The molecule has 2 aromatic carbocycles. The van der Waals surface area contributed by atoms with E-state index in [0.29, 0.717) is 11.8 Å². The molecule has 1 spiro atoms. The first-order valence-electron chi connectivity index (χ1n) is 9.38. The van der Waals surface area contributed by atoms with Crippen molar-refractivity contribution in [3.63, 3.8) is 0 Å². The second kappa shape index (κ2) is 7.71. The van der Waals surface area contributed by atoms with E-state index in [4.69, 9.17) is 21.4 Å². The first-order chi connectivity index (χ1) is 14.6. The first kappa shape index (κ1) is 20.1. The van der Waals surface area contributed by atoms with E-state index < -0.39 is 4.93 Å². The highest BCUT2D eigenvalue weighted by molar-refractivity contribution is 14.1. The van der Waals surface area contributed by atoms with Crippen LogP contribution in [0, 0.1) is 6.92 Å². The molecule has 1 aromatic heterocycles. The van der Waals surface area contributed by atoms with Gasteiger partial charge in [-0.3, -0.25) is 9.69 Å². The summed E-state index contributed by atoms with van der Waals surface area (Å²) < 4.78 is 9.83. The predicted octanol–water partition coefficient (Wildman–Crippen LogP) is 5.66. The number of aryl methyl sites for hydroxylation is 1. The number of carbonyl (C=O) groups excluding carboxylic acids is 1. The van der Waals surface area contributed by atoms with Crippen LogP contribution < -0.4 is 4.90 Å². The van der Waals surface area contributed by atoms with Crippen LogP contribution in [-0.2, 0) is 9.53 Å². The highest BCUT2D eigenvalue weighted by Crippen LogP contribution is 2.60. The molecule has 2 aliphatic heterocycles. The van der Waals surface area contributed by atoms with Crippen LogP contribution in [0.25, 0.3) is 5.69 Å². The maximum atomic E-state index is 13.4. The lowest BCUT2D eigenvalue weighted by molar-refractivity contribution is -0.145. The quantitative estimate of drug-likeness (QED) is 0.313. The third kappa shape index (κ3) is 2.94. The number of rotatable bonds is 3. The van der Waals surface area contributed by atoms with Crippen molar-refractivity contribution in [2.45, 2.75) is 17.9 Å². The molecule has 0 radical (unpaired) electrons. The molecule has 2 saturated heterocycles. The highest BCUT2D eigenvalue weighted by atomic mass is 127. The summed E-state index contributed by atoms with van der Waals surface area (Å²) >= 11 is 10.5. The Balaban J connectivity index is 1.66. The summed E-state index contributed by atoms with van der Waals surface area (Å²) in [5.41, 5.74) is 3.27. The number of ether oxygens (including phenoxy) is 1. The van der Waals surface area contributed by atoms with Gasteiger partial charge in [-0.1, -0.05) is 82.4 Å². The molecule has 0 N–H and O–H groups in total. The van der Waals surface area contributed by atoms with Gasteiger partial charge in [-0.2, -0.15) is 5.10 Å². The molecule has 5 rings (SSSR count). The lowest BCUT2D eigenvalue weighted by Gasteiger charge is -2.52. The Kier molecular flexibility index (Phi) is 5.17. The lowest BCUT2D eigenvalue weighted by atomic mass is 9.89. The normalized spacial score (nSPS) is 24.6. The van der Waals surface area contributed by atoms with Gasteiger partial charge < -0.3 is 4.74 Å². The number of halogens is 2. The fraction of sp³-hybridized carbons (Fsp3) is 0.182. The van der Waals surface area contributed by atoms with E-state index in [-0.39, 0.29) is 11.9 Å². The minimum Gasteiger partial charge on any atom is -0.347 e. The molecule has 2 fully saturated rings. The number of hydrogen-bond donors (Lipinski definition) is 0. The van der Waals surface area contributed by atoms with E-state index in [1.807, 2.05) is 71.7 Å². The highest BCUT2D eigenvalue weighted by Gasteiger charge is 2.67. The van der Waals surface area contributed by atoms with Crippen LogP contribution in [0.15, 0.2) is 69.7 Å². The molecule has 30 heavy (non-hydrogen) atoms. The SMILES string of the molecule is Cc1nn(-c2ccccc2)c(Cl)c1[C@H]1N(c2ccccc2)C(=O)[C@]12OC/C(=C\I)S2. The topological polar surface area (TPSA) is 47.4 Å². The van der Waals surface area contributed by atoms with Crippen molar-refractivity contribution >= 4 is 57.5 Å². The van der Waals surface area contributed by atoms with E-state index in [9.17, 15) is 4.79 Å². The van der Waals surface area contributed by atoms with Crippen LogP contribution in [0.5, 0.6) is 0 Å². The van der Waals surface area contributed by atoms with Crippen LogP contribution in [0.1, 0.15) is 17.3 Å². The van der Waals surface area contributed by atoms with Crippen LogP contribution in [0.2, 0.25) is 5.15 Å². The Morgan fingerprint density at radius 3 is 2.40 bits per heavy atom. The maximum Gasteiger partial charge on any atom is 0.273 e. The molecule has 3 heterocycles. The van der Waals surface area contributed by atoms with Gasteiger partial charge in [0.1, 0.15) is 11.2 Å². The monoisotopic (exact) mass is 549 g/mol. The van der Waals surface area contributed by atoms with Crippen LogP contribution in [0.4, 0.5) is 5.69 Å². The van der Waals surface area contributed by atoms with E-state index in [1.165, 1.54) is 11.8 Å². The maximum absolute atomic E-state index is 13.4. The molecular formula is C22H17ClIN3O2S. The van der Waals surface area contributed by atoms with E-state index in [0.717, 1.165) is 27.5 Å². The van der Waals surface area contributed by atoms with Gasteiger partial charge in [-0.15, -0.1) is 0 Å². The molecule has 0 bridgehead atoms. The smallest absolute Gasteiger partial charge is 0.273 e. The summed E-state index contributed by atoms with van der Waals surface area (Å²) in [6.07, 6.45) is 0. The summed E-state index contributed by atoms with van der Waals surface area (Å²) in [5, 5.41) is 5.19. The molecule has 8 heteroatoms. The largest absolute Gasteiger partial charge is 0.347 e. The minimum atomic E-state index is -1.02. The van der Waals surface area contributed by atoms with Gasteiger partial charge in [0.25, 0.3) is 5.91 Å². The number of para-hydroxylation sites is 2. The van der Waals surface area contributed by atoms with Crippen molar-refractivity contribution in [1.29, 1.82) is 0 Å². The number of benzene rings is 2. The Hall–Kier alpha value is -1.81. The standard InChI is InChI=1S/C22H17ClIN3O2S/c1-14-18(20(23)27(25-14)16-10-6-3-7-11-16)19-22(29-13-17(12-24)30-22)21(28)26(19)15-8-4-2-5-9-15/h2-12,19H,13H2,1H3/b17-12+/t19-,22+/m1/s1. The van der Waals surface area contributed by atoms with Crippen molar-refractivity contribution in [3.8, 4) is 5.69 Å². The molecule has 3 aromatic rings. The van der Waals surface area contributed by atoms with Crippen LogP contribution >= 0.6 is 46.0 Å². The second-order valence-electron chi connectivity index (χ2n) is 7.08. The fourth-order valence-electron chi connectivity index (χ4n) is 3.97. The second-order valence-corrected chi connectivity index (χ2v) is 9.40. The van der Waals surface area contributed by atoms with Crippen LogP contribution in [-0.4, -0.2) is 27.2 Å². The Morgan fingerprint density at radius 2 is 1.80 bits per heavy atom. The Bertz CT molecular complexity index is 1150. The zero-order valence-corrected chi connectivity index (χ0v) is 19.7. The van der Waals surface area contributed by atoms with Gasteiger partial charge in [0.05, 0.1) is 18.0 Å². The summed E-state index contributed by atoms with van der Waals surface area (Å²) in [7, 11) is 0. The van der Waals surface area contributed by atoms with E-state index >= 15 is 0 Å². The van der Waals surface area contributed by atoms with Crippen molar-refractivity contribution in [2.24, 2.45) is 0 Å². The van der Waals surface area contributed by atoms with Gasteiger partial charge >= 0.3 is 0 Å². The third-order valence-electron chi connectivity index (χ3n) is 5.32.